The molecular formula is C17H14BrN3O6. The molecule has 0 aliphatic carbocycles. The largest absolute Gasteiger partial charge is 0.454 e. The van der Waals surface area contributed by atoms with Crippen LogP contribution in [-0.4, -0.2) is 35.9 Å². The Labute approximate surface area is 162 Å². The van der Waals surface area contributed by atoms with Crippen molar-refractivity contribution in [3.63, 3.8) is 0 Å². The lowest BCUT2D eigenvalue weighted by Gasteiger charge is -2.09. The van der Waals surface area contributed by atoms with Crippen molar-refractivity contribution >= 4 is 45.1 Å². The van der Waals surface area contributed by atoms with Crippen LogP contribution in [-0.2, 0) is 14.3 Å². The number of ether oxygens (including phenoxy) is 1. The molecule has 0 saturated heterocycles. The Hall–Kier alpha value is -3.27. The van der Waals surface area contributed by atoms with Gasteiger partial charge in [0.2, 0.25) is 0 Å². The fraction of sp³-hybridized carbons (Fsp3) is 0.118. The van der Waals surface area contributed by atoms with Gasteiger partial charge in [-0.2, -0.15) is 0 Å². The highest BCUT2D eigenvalue weighted by Crippen LogP contribution is 2.26. The van der Waals surface area contributed by atoms with E-state index in [9.17, 15) is 24.5 Å². The number of rotatable bonds is 7. The Bertz CT molecular complexity index is 872. The molecule has 0 atom stereocenters. The van der Waals surface area contributed by atoms with E-state index in [2.05, 4.69) is 26.6 Å². The molecule has 0 saturated carbocycles. The summed E-state index contributed by atoms with van der Waals surface area (Å²) in [4.78, 5) is 45.3. The maximum atomic E-state index is 11.8. The smallest absolute Gasteiger partial charge is 0.325 e. The number of carbonyl (C=O) groups is 3. The first kappa shape index (κ1) is 20.0. The summed E-state index contributed by atoms with van der Waals surface area (Å²) in [7, 11) is 0. The lowest BCUT2D eigenvalue weighted by molar-refractivity contribution is -0.384. The third-order valence-electron chi connectivity index (χ3n) is 3.23. The van der Waals surface area contributed by atoms with Crippen molar-refractivity contribution in [3.05, 3.63) is 68.7 Å². The number of hydrogen-bond acceptors (Lipinski definition) is 6. The summed E-state index contributed by atoms with van der Waals surface area (Å²) >= 11 is 3.11. The van der Waals surface area contributed by atoms with Gasteiger partial charge in [-0.05, 0) is 34.1 Å². The molecule has 2 aromatic carbocycles. The third kappa shape index (κ3) is 6.19. The van der Waals surface area contributed by atoms with Crippen molar-refractivity contribution in [3.8, 4) is 0 Å². The number of non-ortho nitro benzene ring substituents is 1. The van der Waals surface area contributed by atoms with Gasteiger partial charge >= 0.3 is 5.97 Å². The van der Waals surface area contributed by atoms with E-state index in [1.54, 1.807) is 30.3 Å². The van der Waals surface area contributed by atoms with Crippen LogP contribution in [0.15, 0.2) is 53.0 Å². The summed E-state index contributed by atoms with van der Waals surface area (Å²) in [5.74, 6) is -1.85. The Morgan fingerprint density at radius 1 is 1.11 bits per heavy atom. The number of anilines is 1. The molecule has 9 nitrogen and oxygen atoms in total. The molecule has 0 aliphatic heterocycles. The second kappa shape index (κ2) is 9.43. The molecule has 10 heteroatoms. The quantitative estimate of drug-likeness (QED) is 0.390. The molecule has 0 spiro atoms. The van der Waals surface area contributed by atoms with E-state index in [4.69, 9.17) is 4.74 Å². The maximum absolute atomic E-state index is 11.8. The first-order valence-electron chi connectivity index (χ1n) is 7.59. The van der Waals surface area contributed by atoms with Crippen molar-refractivity contribution in [1.29, 1.82) is 0 Å². The van der Waals surface area contributed by atoms with Crippen LogP contribution in [0, 0.1) is 10.1 Å². The van der Waals surface area contributed by atoms with E-state index >= 15 is 0 Å². The van der Waals surface area contributed by atoms with Gasteiger partial charge in [-0.1, -0.05) is 18.2 Å². The monoisotopic (exact) mass is 435 g/mol. The summed E-state index contributed by atoms with van der Waals surface area (Å²) in [5.41, 5.74) is 0.547. The molecule has 2 amide bonds. The van der Waals surface area contributed by atoms with E-state index < -0.39 is 29.3 Å². The van der Waals surface area contributed by atoms with Crippen molar-refractivity contribution in [2.45, 2.75) is 0 Å². The molecule has 0 unspecified atom stereocenters. The topological polar surface area (TPSA) is 128 Å². The zero-order chi connectivity index (χ0) is 19.8. The Kier molecular flexibility index (Phi) is 7.00. The van der Waals surface area contributed by atoms with Gasteiger partial charge in [0.25, 0.3) is 17.5 Å². The zero-order valence-electron chi connectivity index (χ0n) is 13.8. The van der Waals surface area contributed by atoms with Crippen LogP contribution in [0.4, 0.5) is 11.4 Å². The number of esters is 1. The standard InChI is InChI=1S/C17H14BrN3O6/c18-13-8-12(21(25)26)6-7-14(13)20-15(22)10-27-16(23)9-19-17(24)11-4-2-1-3-5-11/h1-8H,9-10H2,(H,19,24)(H,20,22). The first-order chi connectivity index (χ1) is 12.9. The Balaban J connectivity index is 1.77. The molecular weight excluding hydrogens is 422 g/mol. The van der Waals surface area contributed by atoms with Crippen molar-refractivity contribution in [2.24, 2.45) is 0 Å². The zero-order valence-corrected chi connectivity index (χ0v) is 15.4. The number of nitrogens with zero attached hydrogens (tertiary/aromatic N) is 1. The molecule has 0 aliphatic rings. The maximum Gasteiger partial charge on any atom is 0.325 e. The molecule has 2 N–H and O–H groups in total. The molecule has 140 valence electrons. The molecule has 2 rings (SSSR count). The summed E-state index contributed by atoms with van der Waals surface area (Å²) in [6.07, 6.45) is 0. The van der Waals surface area contributed by atoms with Gasteiger partial charge in [0.05, 0.1) is 10.6 Å². The van der Waals surface area contributed by atoms with Crippen LogP contribution in [0.25, 0.3) is 0 Å². The highest BCUT2D eigenvalue weighted by atomic mass is 79.9. The van der Waals surface area contributed by atoms with Crippen molar-refractivity contribution in [2.75, 3.05) is 18.5 Å². The lowest BCUT2D eigenvalue weighted by atomic mass is 10.2. The predicted molar refractivity (Wildman–Crippen MR) is 99.2 cm³/mol. The molecule has 0 radical (unpaired) electrons. The van der Waals surface area contributed by atoms with Crippen molar-refractivity contribution in [1.82, 2.24) is 5.32 Å². The van der Waals surface area contributed by atoms with Gasteiger partial charge in [-0.15, -0.1) is 0 Å². The summed E-state index contributed by atoms with van der Waals surface area (Å²) in [6.45, 7) is -0.953. The van der Waals surface area contributed by atoms with E-state index in [1.165, 1.54) is 18.2 Å². The number of benzene rings is 2. The average Bonchev–Trinajstić information content (AvgIpc) is 2.66. The van der Waals surface area contributed by atoms with Crippen LogP contribution in [0.1, 0.15) is 10.4 Å². The van der Waals surface area contributed by atoms with Crippen LogP contribution >= 0.6 is 15.9 Å². The van der Waals surface area contributed by atoms with Gasteiger partial charge in [-0.25, -0.2) is 0 Å². The third-order valence-corrected chi connectivity index (χ3v) is 3.89. The van der Waals surface area contributed by atoms with E-state index in [1.807, 2.05) is 0 Å². The van der Waals surface area contributed by atoms with Gasteiger partial charge in [0, 0.05) is 22.2 Å². The van der Waals surface area contributed by atoms with Gasteiger partial charge in [0.15, 0.2) is 6.61 Å². The second-order valence-electron chi connectivity index (χ2n) is 5.18. The molecule has 27 heavy (non-hydrogen) atoms. The van der Waals surface area contributed by atoms with E-state index in [-0.39, 0.29) is 12.2 Å². The predicted octanol–water partition coefficient (Wildman–Crippen LogP) is 2.27. The normalized spacial score (nSPS) is 9.96. The number of hydrogen-bond donors (Lipinski definition) is 2. The van der Waals surface area contributed by atoms with Crippen LogP contribution in [0.3, 0.4) is 0 Å². The number of nitro groups is 1. The highest BCUT2D eigenvalue weighted by molar-refractivity contribution is 9.10. The summed E-state index contributed by atoms with van der Waals surface area (Å²) in [6, 6.07) is 12.1. The number of nitro benzene ring substituents is 1. The average molecular weight is 436 g/mol. The minimum absolute atomic E-state index is 0.138. The number of halogens is 1. The minimum Gasteiger partial charge on any atom is -0.454 e. The Morgan fingerprint density at radius 3 is 2.44 bits per heavy atom. The molecule has 0 bridgehead atoms. The number of nitrogens with one attached hydrogen (secondary N) is 2. The molecule has 2 aromatic rings. The molecule has 0 aromatic heterocycles. The van der Waals surface area contributed by atoms with E-state index in [0.717, 1.165) is 0 Å². The number of amides is 2. The van der Waals surface area contributed by atoms with E-state index in [0.29, 0.717) is 15.7 Å². The van der Waals surface area contributed by atoms with Crippen molar-refractivity contribution < 1.29 is 24.0 Å². The molecule has 0 heterocycles. The second-order valence-corrected chi connectivity index (χ2v) is 6.03. The van der Waals surface area contributed by atoms with Crippen LogP contribution in [0.5, 0.6) is 0 Å². The summed E-state index contributed by atoms with van der Waals surface area (Å²) in [5, 5.41) is 15.5. The molecule has 0 fully saturated rings. The SMILES string of the molecule is O=C(COC(=O)CNC(=O)c1ccccc1)Nc1ccc([N+](=O)[O-])cc1Br. The fourth-order valence-corrected chi connectivity index (χ4v) is 2.41. The Morgan fingerprint density at radius 2 is 1.81 bits per heavy atom. The van der Waals surface area contributed by atoms with Gasteiger partial charge in [0.1, 0.15) is 6.54 Å². The van der Waals surface area contributed by atoms with Gasteiger partial charge < -0.3 is 15.4 Å². The highest BCUT2D eigenvalue weighted by Gasteiger charge is 2.13. The number of carbonyl (C=O) groups excluding carboxylic acids is 3. The fourth-order valence-electron chi connectivity index (χ4n) is 1.95. The minimum atomic E-state index is -0.780. The van der Waals surface area contributed by atoms with Gasteiger partial charge in [-0.3, -0.25) is 24.5 Å². The first-order valence-corrected chi connectivity index (χ1v) is 8.39. The summed E-state index contributed by atoms with van der Waals surface area (Å²) < 4.78 is 5.09. The lowest BCUT2D eigenvalue weighted by Crippen LogP contribution is -2.32. The van der Waals surface area contributed by atoms with Crippen LogP contribution in [0.2, 0.25) is 0 Å². The van der Waals surface area contributed by atoms with Crippen LogP contribution < -0.4 is 10.6 Å².